The van der Waals surface area contributed by atoms with Gasteiger partial charge in [0.1, 0.15) is 0 Å². The lowest BCUT2D eigenvalue weighted by Crippen LogP contribution is -2.23. The summed E-state index contributed by atoms with van der Waals surface area (Å²) in [5.41, 5.74) is 1.92. The van der Waals surface area contributed by atoms with Gasteiger partial charge in [-0.25, -0.2) is 0 Å². The third-order valence-electron chi connectivity index (χ3n) is 6.99. The van der Waals surface area contributed by atoms with E-state index in [0.29, 0.717) is 33.8 Å². The van der Waals surface area contributed by atoms with E-state index in [9.17, 15) is 28.8 Å². The van der Waals surface area contributed by atoms with Gasteiger partial charge in [0.15, 0.2) is 0 Å². The van der Waals surface area contributed by atoms with Gasteiger partial charge in [-0.2, -0.15) is 0 Å². The van der Waals surface area contributed by atoms with Crippen LogP contribution in [-0.4, -0.2) is 55.1 Å². The highest BCUT2D eigenvalue weighted by Gasteiger charge is 2.18. The Morgan fingerprint density at radius 1 is 0.373 bits per heavy atom. The number of nitrogens with one attached hydrogen (secondary N) is 6. The smallest absolute Gasteiger partial charge is 0.255 e. The highest BCUT2D eigenvalue weighted by Crippen LogP contribution is 2.19. The average Bonchev–Trinajstić information content (AvgIpc) is 3.15. The van der Waals surface area contributed by atoms with E-state index in [1.54, 1.807) is 0 Å². The van der Waals surface area contributed by atoms with Gasteiger partial charge in [-0.15, -0.1) is 19.3 Å². The molecule has 0 heterocycles. The second kappa shape index (κ2) is 17.5. The molecule has 0 unspecified atom stereocenters. The van der Waals surface area contributed by atoms with Gasteiger partial charge in [0.25, 0.3) is 35.4 Å². The second-order valence-corrected chi connectivity index (χ2v) is 10.6. The van der Waals surface area contributed by atoms with Crippen molar-refractivity contribution in [2.75, 3.05) is 35.6 Å². The van der Waals surface area contributed by atoms with E-state index in [0.717, 1.165) is 0 Å². The van der Waals surface area contributed by atoms with Crippen LogP contribution in [0.25, 0.3) is 0 Å². The Morgan fingerprint density at radius 2 is 0.608 bits per heavy atom. The van der Waals surface area contributed by atoms with Crippen LogP contribution in [0.2, 0.25) is 0 Å². The Labute approximate surface area is 293 Å². The summed E-state index contributed by atoms with van der Waals surface area (Å²) in [6.45, 7) is 0.174. The molecule has 0 spiro atoms. The van der Waals surface area contributed by atoms with Gasteiger partial charge in [-0.1, -0.05) is 17.8 Å². The molecule has 0 aliphatic carbocycles. The van der Waals surface area contributed by atoms with Crippen LogP contribution in [-0.2, 0) is 0 Å². The third kappa shape index (κ3) is 10.2. The first-order valence-corrected chi connectivity index (χ1v) is 15.2. The number of terminal acetylenes is 3. The third-order valence-corrected chi connectivity index (χ3v) is 6.99. The first-order chi connectivity index (χ1) is 24.6. The van der Waals surface area contributed by atoms with Gasteiger partial charge < -0.3 is 31.9 Å². The van der Waals surface area contributed by atoms with Crippen molar-refractivity contribution in [3.05, 3.63) is 124 Å². The van der Waals surface area contributed by atoms with Gasteiger partial charge in [0.2, 0.25) is 0 Å². The van der Waals surface area contributed by atoms with Crippen LogP contribution in [0.3, 0.4) is 0 Å². The molecule has 6 amide bonds. The molecule has 4 rings (SSSR count). The normalized spacial score (nSPS) is 9.82. The molecule has 0 aliphatic rings. The molecule has 0 atom stereocenters. The lowest BCUT2D eigenvalue weighted by Gasteiger charge is -2.12. The number of amides is 6. The molecule has 0 saturated heterocycles. The van der Waals surface area contributed by atoms with Crippen molar-refractivity contribution in [1.29, 1.82) is 0 Å². The van der Waals surface area contributed by atoms with Crippen LogP contribution < -0.4 is 31.9 Å². The van der Waals surface area contributed by atoms with E-state index >= 15 is 0 Å². The zero-order valence-electron chi connectivity index (χ0n) is 27.0. The highest BCUT2D eigenvalue weighted by atomic mass is 16.2. The SMILES string of the molecule is C#CCNC(=O)c1ccc(NC(=O)c2cc(C(=O)Nc3ccc(C(=O)NCC#C)cc3)cc(C(=O)Nc3ccc(C(=O)NCC#C)cc3)c2)cc1. The Kier molecular flexibility index (Phi) is 12.4. The van der Waals surface area contributed by atoms with E-state index < -0.39 is 17.7 Å². The molecule has 6 N–H and O–H groups in total. The van der Waals surface area contributed by atoms with Gasteiger partial charge >= 0.3 is 0 Å². The van der Waals surface area contributed by atoms with E-state index in [-0.39, 0.29) is 54.0 Å². The summed E-state index contributed by atoms with van der Waals surface area (Å²) in [5.74, 6) is 3.85. The molecule has 0 saturated carbocycles. The minimum absolute atomic E-state index is 0.0234. The lowest BCUT2D eigenvalue weighted by atomic mass is 10.0. The average molecular weight is 679 g/mol. The van der Waals surface area contributed by atoms with Crippen LogP contribution in [0.4, 0.5) is 17.1 Å². The Bertz CT molecular complexity index is 1850. The van der Waals surface area contributed by atoms with Crippen LogP contribution in [0.1, 0.15) is 62.1 Å². The molecule has 4 aromatic carbocycles. The minimum atomic E-state index is -0.645. The van der Waals surface area contributed by atoms with E-state index in [4.69, 9.17) is 19.3 Å². The number of benzene rings is 4. The fourth-order valence-electron chi connectivity index (χ4n) is 4.45. The van der Waals surface area contributed by atoms with Crippen LogP contribution in [0.15, 0.2) is 91.0 Å². The van der Waals surface area contributed by atoms with Crippen molar-refractivity contribution < 1.29 is 28.8 Å². The molecule has 0 bridgehead atoms. The largest absolute Gasteiger partial charge is 0.341 e. The zero-order chi connectivity index (χ0) is 36.8. The number of rotatable bonds is 12. The first kappa shape index (κ1) is 36.2. The van der Waals surface area contributed by atoms with E-state index in [1.165, 1.54) is 91.0 Å². The molecule has 0 radical (unpaired) electrons. The van der Waals surface area contributed by atoms with Crippen molar-refractivity contribution in [1.82, 2.24) is 16.0 Å². The van der Waals surface area contributed by atoms with Crippen LogP contribution in [0, 0.1) is 37.0 Å². The summed E-state index contributed by atoms with van der Waals surface area (Å²) in [5, 5.41) is 15.7. The Hall–Kier alpha value is -7.62. The van der Waals surface area contributed by atoms with Gasteiger partial charge in [-0.05, 0) is 91.0 Å². The molecule has 12 nitrogen and oxygen atoms in total. The Morgan fingerprint density at radius 3 is 0.824 bits per heavy atom. The summed E-state index contributed by atoms with van der Waals surface area (Å²) in [4.78, 5) is 76.8. The summed E-state index contributed by atoms with van der Waals surface area (Å²) < 4.78 is 0. The molecule has 252 valence electrons. The summed E-state index contributed by atoms with van der Waals surface area (Å²) in [6.07, 6.45) is 15.5. The first-order valence-electron chi connectivity index (χ1n) is 15.2. The van der Waals surface area contributed by atoms with E-state index in [1.807, 2.05) is 0 Å². The molecule has 0 aliphatic heterocycles. The molecule has 12 heteroatoms. The predicted octanol–water partition coefficient (Wildman–Crippen LogP) is 3.53. The van der Waals surface area contributed by atoms with Gasteiger partial charge in [0.05, 0.1) is 19.6 Å². The van der Waals surface area contributed by atoms with Crippen LogP contribution in [0.5, 0.6) is 0 Å². The number of hydrogen-bond donors (Lipinski definition) is 6. The van der Waals surface area contributed by atoms with Gasteiger partial charge in [0, 0.05) is 50.4 Å². The summed E-state index contributed by atoms with van der Waals surface area (Å²) >= 11 is 0. The number of hydrogen-bond acceptors (Lipinski definition) is 6. The topological polar surface area (TPSA) is 175 Å². The standard InChI is InChI=1S/C39H30N6O6/c1-4-19-40-34(46)25-7-13-31(14-8-25)43-37(49)28-22-29(38(50)44-32-15-9-26(10-16-32)35(47)41-20-5-2)24-30(23-28)39(51)45-33-17-11-27(12-18-33)36(48)42-21-6-3/h1-3,7-18,22-24H,19-21H2,(H,40,46)(H,41,47)(H,42,48)(H,43,49)(H,44,50)(H,45,51). The predicted molar refractivity (Wildman–Crippen MR) is 193 cm³/mol. The van der Waals surface area contributed by atoms with Crippen molar-refractivity contribution in [3.8, 4) is 37.0 Å². The lowest BCUT2D eigenvalue weighted by molar-refractivity contribution is 0.0950. The maximum absolute atomic E-state index is 13.4. The molecule has 51 heavy (non-hydrogen) atoms. The summed E-state index contributed by atoms with van der Waals surface area (Å²) in [7, 11) is 0. The fourth-order valence-corrected chi connectivity index (χ4v) is 4.45. The second-order valence-electron chi connectivity index (χ2n) is 10.6. The minimum Gasteiger partial charge on any atom is -0.341 e. The fraction of sp³-hybridized carbons (Fsp3) is 0.0769. The van der Waals surface area contributed by atoms with Gasteiger partial charge in [-0.3, -0.25) is 28.8 Å². The quantitative estimate of drug-likeness (QED) is 0.125. The van der Waals surface area contributed by atoms with Crippen molar-refractivity contribution in [3.63, 3.8) is 0 Å². The maximum atomic E-state index is 13.4. The maximum Gasteiger partial charge on any atom is 0.255 e. The van der Waals surface area contributed by atoms with E-state index in [2.05, 4.69) is 49.7 Å². The molecule has 4 aromatic rings. The summed E-state index contributed by atoms with van der Waals surface area (Å²) in [6, 6.07) is 22.0. The van der Waals surface area contributed by atoms with Crippen molar-refractivity contribution in [2.24, 2.45) is 0 Å². The molecule has 0 fully saturated rings. The number of carbonyl (C=O) groups is 6. The number of carbonyl (C=O) groups excluding carboxylic acids is 6. The Balaban J connectivity index is 1.58. The molecular formula is C39H30N6O6. The molecular weight excluding hydrogens is 648 g/mol. The number of anilines is 3. The highest BCUT2D eigenvalue weighted by molar-refractivity contribution is 6.13. The monoisotopic (exact) mass is 678 g/mol. The zero-order valence-corrected chi connectivity index (χ0v) is 27.0. The van der Waals surface area contributed by atoms with Crippen LogP contribution >= 0.6 is 0 Å². The molecule has 0 aromatic heterocycles. The van der Waals surface area contributed by atoms with Crippen molar-refractivity contribution in [2.45, 2.75) is 0 Å². The van der Waals surface area contributed by atoms with Crippen molar-refractivity contribution >= 4 is 52.5 Å².